The summed E-state index contributed by atoms with van der Waals surface area (Å²) in [6, 6.07) is 0.299. The van der Waals surface area contributed by atoms with E-state index in [1.807, 2.05) is 0 Å². The molecule has 2 N–H and O–H groups in total. The smallest absolute Gasteiger partial charge is 0.0231 e. The normalized spacial score (nSPS) is 22.3. The molecule has 1 rings (SSSR count). The standard InChI is InChI=1S/C18H35N/c1-4-5-6-7-8-9-10-11-12-16-13-17(19)15-18(2,3)14-16/h13,17H,4-12,14-15,19H2,1-3H3. The first kappa shape index (κ1) is 16.8. The Balaban J connectivity index is 2.06. The molecular formula is C18H35N. The quantitative estimate of drug-likeness (QED) is 0.427. The largest absolute Gasteiger partial charge is 0.324 e. The monoisotopic (exact) mass is 265 g/mol. The topological polar surface area (TPSA) is 26.0 Å². The molecule has 0 heterocycles. The summed E-state index contributed by atoms with van der Waals surface area (Å²) in [6.07, 6.45) is 17.3. The fourth-order valence-electron chi connectivity index (χ4n) is 3.40. The van der Waals surface area contributed by atoms with Gasteiger partial charge in [-0.15, -0.1) is 0 Å². The van der Waals surface area contributed by atoms with Crippen molar-refractivity contribution in [3.63, 3.8) is 0 Å². The molecule has 19 heavy (non-hydrogen) atoms. The maximum Gasteiger partial charge on any atom is 0.0231 e. The van der Waals surface area contributed by atoms with Crippen molar-refractivity contribution in [2.45, 2.75) is 97.4 Å². The van der Waals surface area contributed by atoms with Crippen LogP contribution < -0.4 is 5.73 Å². The van der Waals surface area contributed by atoms with Crippen molar-refractivity contribution in [2.24, 2.45) is 11.1 Å². The Kier molecular flexibility index (Phi) is 7.75. The fourth-order valence-corrected chi connectivity index (χ4v) is 3.40. The van der Waals surface area contributed by atoms with Gasteiger partial charge in [0.15, 0.2) is 0 Å². The van der Waals surface area contributed by atoms with Crippen LogP contribution in [-0.2, 0) is 0 Å². The molecule has 1 nitrogen and oxygen atoms in total. The maximum absolute atomic E-state index is 6.12. The molecule has 1 heteroatoms. The van der Waals surface area contributed by atoms with Crippen LogP contribution in [0.25, 0.3) is 0 Å². The highest BCUT2D eigenvalue weighted by Crippen LogP contribution is 2.36. The molecule has 0 radical (unpaired) electrons. The van der Waals surface area contributed by atoms with Crippen LogP contribution in [0.2, 0.25) is 0 Å². The number of rotatable bonds is 9. The summed E-state index contributed by atoms with van der Waals surface area (Å²) < 4.78 is 0. The van der Waals surface area contributed by atoms with E-state index in [0.29, 0.717) is 11.5 Å². The number of allylic oxidation sites excluding steroid dienone is 1. The highest BCUT2D eigenvalue weighted by molar-refractivity contribution is 5.14. The Labute approximate surface area is 121 Å². The predicted molar refractivity (Wildman–Crippen MR) is 86.3 cm³/mol. The maximum atomic E-state index is 6.12. The zero-order valence-corrected chi connectivity index (χ0v) is 13.5. The Morgan fingerprint density at radius 1 is 1.05 bits per heavy atom. The van der Waals surface area contributed by atoms with Gasteiger partial charge in [-0.1, -0.05) is 77.4 Å². The molecule has 1 aliphatic rings. The molecule has 0 saturated heterocycles. The highest BCUT2D eigenvalue weighted by atomic mass is 14.6. The lowest BCUT2D eigenvalue weighted by Gasteiger charge is -2.33. The van der Waals surface area contributed by atoms with E-state index in [9.17, 15) is 0 Å². The summed E-state index contributed by atoms with van der Waals surface area (Å²) in [7, 11) is 0. The minimum Gasteiger partial charge on any atom is -0.324 e. The number of nitrogens with two attached hydrogens (primary N) is 1. The molecule has 0 aromatic carbocycles. The Morgan fingerprint density at radius 2 is 1.63 bits per heavy atom. The van der Waals surface area contributed by atoms with Crippen molar-refractivity contribution >= 4 is 0 Å². The molecule has 0 aromatic heterocycles. The summed E-state index contributed by atoms with van der Waals surface area (Å²) in [5, 5.41) is 0. The van der Waals surface area contributed by atoms with Crippen molar-refractivity contribution in [1.82, 2.24) is 0 Å². The van der Waals surface area contributed by atoms with Crippen molar-refractivity contribution < 1.29 is 0 Å². The lowest BCUT2D eigenvalue weighted by Crippen LogP contribution is -2.30. The van der Waals surface area contributed by atoms with E-state index in [4.69, 9.17) is 5.73 Å². The lowest BCUT2D eigenvalue weighted by atomic mass is 9.74. The molecule has 0 saturated carbocycles. The number of hydrogen-bond acceptors (Lipinski definition) is 1. The molecule has 0 aromatic rings. The summed E-state index contributed by atoms with van der Waals surface area (Å²) in [4.78, 5) is 0. The first-order valence-electron chi connectivity index (χ1n) is 8.48. The number of hydrogen-bond donors (Lipinski definition) is 1. The van der Waals surface area contributed by atoms with Gasteiger partial charge >= 0.3 is 0 Å². The van der Waals surface area contributed by atoms with Crippen molar-refractivity contribution in [2.75, 3.05) is 0 Å². The Hall–Kier alpha value is -0.300. The average Bonchev–Trinajstić information content (AvgIpc) is 2.30. The summed E-state index contributed by atoms with van der Waals surface area (Å²) >= 11 is 0. The van der Waals surface area contributed by atoms with Crippen molar-refractivity contribution in [3.05, 3.63) is 11.6 Å². The summed E-state index contributed by atoms with van der Waals surface area (Å²) in [5.41, 5.74) is 8.16. The van der Waals surface area contributed by atoms with Crippen LogP contribution >= 0.6 is 0 Å². The van der Waals surface area contributed by atoms with Crippen LogP contribution in [0.15, 0.2) is 11.6 Å². The Morgan fingerprint density at radius 3 is 2.21 bits per heavy atom. The van der Waals surface area contributed by atoms with Gasteiger partial charge in [0.1, 0.15) is 0 Å². The first-order valence-corrected chi connectivity index (χ1v) is 8.48. The van der Waals surface area contributed by atoms with E-state index in [1.54, 1.807) is 5.57 Å². The molecular weight excluding hydrogens is 230 g/mol. The summed E-state index contributed by atoms with van der Waals surface area (Å²) in [5.74, 6) is 0. The van der Waals surface area contributed by atoms with Crippen LogP contribution in [0.1, 0.15) is 91.4 Å². The van der Waals surface area contributed by atoms with Gasteiger partial charge in [-0.3, -0.25) is 0 Å². The molecule has 1 unspecified atom stereocenters. The molecule has 0 aliphatic heterocycles. The van der Waals surface area contributed by atoms with Crippen LogP contribution in [0.5, 0.6) is 0 Å². The zero-order chi connectivity index (χ0) is 14.1. The van der Waals surface area contributed by atoms with E-state index in [0.717, 1.165) is 6.42 Å². The van der Waals surface area contributed by atoms with E-state index in [2.05, 4.69) is 26.8 Å². The van der Waals surface area contributed by atoms with E-state index < -0.39 is 0 Å². The van der Waals surface area contributed by atoms with Gasteiger partial charge < -0.3 is 5.73 Å². The third-order valence-electron chi connectivity index (χ3n) is 4.30. The van der Waals surface area contributed by atoms with Gasteiger partial charge in [-0.05, 0) is 31.1 Å². The fraction of sp³-hybridized carbons (Fsp3) is 0.889. The minimum atomic E-state index is 0.299. The van der Waals surface area contributed by atoms with Gasteiger partial charge in [0, 0.05) is 6.04 Å². The molecule has 0 fully saturated rings. The van der Waals surface area contributed by atoms with Crippen LogP contribution in [0.4, 0.5) is 0 Å². The van der Waals surface area contributed by atoms with Crippen LogP contribution in [0, 0.1) is 5.41 Å². The second kappa shape index (κ2) is 8.79. The van der Waals surface area contributed by atoms with Gasteiger partial charge in [0.25, 0.3) is 0 Å². The zero-order valence-electron chi connectivity index (χ0n) is 13.5. The van der Waals surface area contributed by atoms with E-state index in [1.165, 1.54) is 64.2 Å². The van der Waals surface area contributed by atoms with Crippen molar-refractivity contribution in [1.29, 1.82) is 0 Å². The molecule has 0 amide bonds. The second-order valence-electron chi connectivity index (χ2n) is 7.26. The van der Waals surface area contributed by atoms with Gasteiger partial charge in [-0.2, -0.15) is 0 Å². The molecule has 112 valence electrons. The number of unbranched alkanes of at least 4 members (excludes halogenated alkanes) is 7. The molecule has 1 aliphatic carbocycles. The van der Waals surface area contributed by atoms with Crippen LogP contribution in [0.3, 0.4) is 0 Å². The predicted octanol–water partition coefficient (Wildman–Crippen LogP) is 5.59. The van der Waals surface area contributed by atoms with E-state index in [-0.39, 0.29) is 0 Å². The average molecular weight is 265 g/mol. The van der Waals surface area contributed by atoms with E-state index >= 15 is 0 Å². The van der Waals surface area contributed by atoms with Gasteiger partial charge in [-0.25, -0.2) is 0 Å². The van der Waals surface area contributed by atoms with Gasteiger partial charge in [0.05, 0.1) is 0 Å². The summed E-state index contributed by atoms with van der Waals surface area (Å²) in [6.45, 7) is 6.99. The molecule has 0 spiro atoms. The lowest BCUT2D eigenvalue weighted by molar-refractivity contribution is 0.297. The highest BCUT2D eigenvalue weighted by Gasteiger charge is 2.26. The second-order valence-corrected chi connectivity index (χ2v) is 7.26. The first-order chi connectivity index (χ1) is 9.03. The van der Waals surface area contributed by atoms with Crippen LogP contribution in [-0.4, -0.2) is 6.04 Å². The third kappa shape index (κ3) is 7.77. The minimum absolute atomic E-state index is 0.299. The molecule has 0 bridgehead atoms. The third-order valence-corrected chi connectivity index (χ3v) is 4.30. The SMILES string of the molecule is CCCCCCCCCCC1=CC(N)CC(C)(C)C1. The Bertz CT molecular complexity index is 265. The molecule has 1 atom stereocenters. The van der Waals surface area contributed by atoms with Crippen molar-refractivity contribution in [3.8, 4) is 0 Å². The van der Waals surface area contributed by atoms with Gasteiger partial charge in [0.2, 0.25) is 0 Å².